The van der Waals surface area contributed by atoms with Gasteiger partial charge in [-0.3, -0.25) is 4.79 Å². The van der Waals surface area contributed by atoms with Gasteiger partial charge in [0.1, 0.15) is 6.04 Å². The molecule has 0 fully saturated rings. The third-order valence-electron chi connectivity index (χ3n) is 2.83. The van der Waals surface area contributed by atoms with Crippen LogP contribution in [0.5, 0.6) is 0 Å². The second-order valence-electron chi connectivity index (χ2n) is 3.99. The summed E-state index contributed by atoms with van der Waals surface area (Å²) in [5.74, 6) is -0.428. The fraction of sp³-hybridized carbons (Fsp3) is 0.133. The molecule has 0 heterocycles. The van der Waals surface area contributed by atoms with E-state index in [9.17, 15) is 4.79 Å². The van der Waals surface area contributed by atoms with Crippen LogP contribution in [0.25, 0.3) is 11.1 Å². The van der Waals surface area contributed by atoms with Crippen molar-refractivity contribution in [1.29, 1.82) is 0 Å². The molecular formula is C15H15NO2. The van der Waals surface area contributed by atoms with E-state index in [0.717, 1.165) is 16.7 Å². The Morgan fingerprint density at radius 2 is 1.56 bits per heavy atom. The van der Waals surface area contributed by atoms with Gasteiger partial charge in [0.05, 0.1) is 7.11 Å². The first-order chi connectivity index (χ1) is 8.72. The molecule has 0 aliphatic carbocycles. The Morgan fingerprint density at radius 3 is 2.11 bits per heavy atom. The highest BCUT2D eigenvalue weighted by molar-refractivity contribution is 5.77. The summed E-state index contributed by atoms with van der Waals surface area (Å²) < 4.78 is 4.62. The van der Waals surface area contributed by atoms with Crippen LogP contribution in [0.2, 0.25) is 0 Å². The highest BCUT2D eigenvalue weighted by Gasteiger charge is 2.15. The fourth-order valence-electron chi connectivity index (χ4n) is 1.78. The largest absolute Gasteiger partial charge is 0.468 e. The second kappa shape index (κ2) is 5.47. The summed E-state index contributed by atoms with van der Waals surface area (Å²) in [6.45, 7) is 0. The maximum absolute atomic E-state index is 11.3. The molecule has 1 atom stereocenters. The Balaban J connectivity index is 2.23. The second-order valence-corrected chi connectivity index (χ2v) is 3.99. The molecule has 2 N–H and O–H groups in total. The van der Waals surface area contributed by atoms with Crippen molar-refractivity contribution < 1.29 is 9.53 Å². The number of benzene rings is 2. The number of nitrogens with two attached hydrogens (primary N) is 1. The molecule has 3 nitrogen and oxygen atoms in total. The minimum atomic E-state index is -0.722. The number of hydrogen-bond donors (Lipinski definition) is 1. The van der Waals surface area contributed by atoms with E-state index >= 15 is 0 Å². The Kier molecular flexibility index (Phi) is 3.75. The van der Waals surface area contributed by atoms with Gasteiger partial charge in [-0.25, -0.2) is 0 Å². The fourth-order valence-corrected chi connectivity index (χ4v) is 1.78. The van der Waals surface area contributed by atoms with Crippen LogP contribution in [0, 0.1) is 0 Å². The van der Waals surface area contributed by atoms with Gasteiger partial charge in [-0.1, -0.05) is 54.6 Å². The molecule has 92 valence electrons. The molecular weight excluding hydrogens is 226 g/mol. The summed E-state index contributed by atoms with van der Waals surface area (Å²) in [5, 5.41) is 0. The predicted molar refractivity (Wildman–Crippen MR) is 70.8 cm³/mol. The molecule has 0 saturated carbocycles. The molecule has 0 spiro atoms. The van der Waals surface area contributed by atoms with Crippen molar-refractivity contribution in [1.82, 2.24) is 0 Å². The average molecular weight is 241 g/mol. The monoisotopic (exact) mass is 241 g/mol. The number of hydrogen-bond acceptors (Lipinski definition) is 3. The first kappa shape index (κ1) is 12.3. The molecule has 0 amide bonds. The van der Waals surface area contributed by atoms with Crippen LogP contribution < -0.4 is 5.73 Å². The van der Waals surface area contributed by atoms with E-state index in [4.69, 9.17) is 5.73 Å². The van der Waals surface area contributed by atoms with Crippen molar-refractivity contribution in [3.8, 4) is 11.1 Å². The molecule has 0 saturated heterocycles. The molecule has 0 aliphatic heterocycles. The zero-order valence-electron chi connectivity index (χ0n) is 10.2. The van der Waals surface area contributed by atoms with Crippen molar-refractivity contribution in [2.45, 2.75) is 6.04 Å². The lowest BCUT2D eigenvalue weighted by atomic mass is 10.0. The van der Waals surface area contributed by atoms with Gasteiger partial charge >= 0.3 is 5.97 Å². The van der Waals surface area contributed by atoms with Crippen LogP contribution in [0.4, 0.5) is 0 Å². The average Bonchev–Trinajstić information content (AvgIpc) is 2.47. The van der Waals surface area contributed by atoms with Crippen LogP contribution in [0.1, 0.15) is 11.6 Å². The van der Waals surface area contributed by atoms with Gasteiger partial charge in [-0.05, 0) is 16.7 Å². The normalized spacial score (nSPS) is 11.9. The van der Waals surface area contributed by atoms with Crippen LogP contribution in [-0.2, 0) is 9.53 Å². The van der Waals surface area contributed by atoms with Crippen molar-refractivity contribution in [3.05, 3.63) is 60.2 Å². The van der Waals surface area contributed by atoms with Gasteiger partial charge in [0, 0.05) is 0 Å². The summed E-state index contributed by atoms with van der Waals surface area (Å²) in [6, 6.07) is 16.9. The minimum absolute atomic E-state index is 0.428. The van der Waals surface area contributed by atoms with Gasteiger partial charge < -0.3 is 10.5 Å². The van der Waals surface area contributed by atoms with E-state index in [1.54, 1.807) is 0 Å². The summed E-state index contributed by atoms with van der Waals surface area (Å²) in [6.07, 6.45) is 0. The quantitative estimate of drug-likeness (QED) is 0.840. The summed E-state index contributed by atoms with van der Waals surface area (Å²) in [7, 11) is 1.33. The number of ether oxygens (including phenoxy) is 1. The van der Waals surface area contributed by atoms with Gasteiger partial charge in [0.15, 0.2) is 0 Å². The molecule has 0 aliphatic rings. The van der Waals surface area contributed by atoms with E-state index in [1.807, 2.05) is 54.6 Å². The van der Waals surface area contributed by atoms with E-state index in [2.05, 4.69) is 4.74 Å². The molecule has 2 aromatic rings. The third kappa shape index (κ3) is 2.57. The molecule has 0 aromatic heterocycles. The minimum Gasteiger partial charge on any atom is -0.468 e. The van der Waals surface area contributed by atoms with Crippen molar-refractivity contribution >= 4 is 5.97 Å². The van der Waals surface area contributed by atoms with E-state index in [-0.39, 0.29) is 0 Å². The Hall–Kier alpha value is -2.13. The maximum Gasteiger partial charge on any atom is 0.327 e. The number of carbonyl (C=O) groups excluding carboxylic acids is 1. The third-order valence-corrected chi connectivity index (χ3v) is 2.83. The molecule has 18 heavy (non-hydrogen) atoms. The smallest absolute Gasteiger partial charge is 0.327 e. The predicted octanol–water partition coefficient (Wildman–Crippen LogP) is 2.53. The number of rotatable bonds is 3. The van der Waals surface area contributed by atoms with Gasteiger partial charge in [-0.15, -0.1) is 0 Å². The zero-order valence-corrected chi connectivity index (χ0v) is 10.2. The first-order valence-corrected chi connectivity index (χ1v) is 5.71. The Labute approximate surface area is 106 Å². The summed E-state index contributed by atoms with van der Waals surface area (Å²) in [5.41, 5.74) is 8.74. The van der Waals surface area contributed by atoms with E-state index in [1.165, 1.54) is 7.11 Å². The van der Waals surface area contributed by atoms with Crippen molar-refractivity contribution in [2.75, 3.05) is 7.11 Å². The van der Waals surface area contributed by atoms with Crippen LogP contribution in [0.3, 0.4) is 0 Å². The summed E-state index contributed by atoms with van der Waals surface area (Å²) in [4.78, 5) is 11.3. The van der Waals surface area contributed by atoms with Crippen LogP contribution in [0.15, 0.2) is 54.6 Å². The highest BCUT2D eigenvalue weighted by Crippen LogP contribution is 2.21. The molecule has 2 aromatic carbocycles. The lowest BCUT2D eigenvalue weighted by Crippen LogP contribution is -2.22. The lowest BCUT2D eigenvalue weighted by molar-refractivity contribution is -0.142. The number of methoxy groups -OCH3 is 1. The molecule has 0 radical (unpaired) electrons. The van der Waals surface area contributed by atoms with Crippen molar-refractivity contribution in [2.24, 2.45) is 5.73 Å². The highest BCUT2D eigenvalue weighted by atomic mass is 16.5. The van der Waals surface area contributed by atoms with Gasteiger partial charge in [-0.2, -0.15) is 0 Å². The van der Waals surface area contributed by atoms with Gasteiger partial charge in [0.25, 0.3) is 0 Å². The number of esters is 1. The van der Waals surface area contributed by atoms with Crippen molar-refractivity contribution in [3.63, 3.8) is 0 Å². The molecule has 0 bridgehead atoms. The maximum atomic E-state index is 11.3. The summed E-state index contributed by atoms with van der Waals surface area (Å²) >= 11 is 0. The van der Waals surface area contributed by atoms with E-state index < -0.39 is 12.0 Å². The SMILES string of the molecule is COC(=O)C(N)c1ccc(-c2ccccc2)cc1. The first-order valence-electron chi connectivity index (χ1n) is 5.71. The number of carbonyl (C=O) groups is 1. The van der Waals surface area contributed by atoms with Crippen LogP contribution >= 0.6 is 0 Å². The lowest BCUT2D eigenvalue weighted by Gasteiger charge is -2.10. The van der Waals surface area contributed by atoms with Crippen LogP contribution in [-0.4, -0.2) is 13.1 Å². The molecule has 1 unspecified atom stereocenters. The van der Waals surface area contributed by atoms with Gasteiger partial charge in [0.2, 0.25) is 0 Å². The topological polar surface area (TPSA) is 52.3 Å². The van der Waals surface area contributed by atoms with E-state index in [0.29, 0.717) is 0 Å². The molecule has 2 rings (SSSR count). The zero-order chi connectivity index (χ0) is 13.0. The molecule has 3 heteroatoms. The Bertz CT molecular complexity index is 520. The standard InChI is InChI=1S/C15H15NO2/c1-18-15(17)14(16)13-9-7-12(8-10-13)11-5-3-2-4-6-11/h2-10,14H,16H2,1H3. The Morgan fingerprint density at radius 1 is 1.00 bits per heavy atom.